The van der Waals surface area contributed by atoms with Crippen LogP contribution in [0.4, 0.5) is 4.79 Å². The summed E-state index contributed by atoms with van der Waals surface area (Å²) in [7, 11) is 0. The summed E-state index contributed by atoms with van der Waals surface area (Å²) in [4.78, 5) is 42.8. The molecule has 2 aromatic rings. The Balaban J connectivity index is 2.54. The average molecular weight is 568 g/mol. The van der Waals surface area contributed by atoms with Gasteiger partial charge in [-0.3, -0.25) is 9.59 Å². The molecule has 3 N–H and O–H groups in total. The Morgan fingerprint density at radius 2 is 1.56 bits per heavy atom. The lowest BCUT2D eigenvalue weighted by Crippen LogP contribution is -2.54. The summed E-state index contributed by atoms with van der Waals surface area (Å²) in [5.74, 6) is -0.592. The van der Waals surface area contributed by atoms with E-state index in [2.05, 4.69) is 24.5 Å². The van der Waals surface area contributed by atoms with Crippen molar-refractivity contribution in [2.24, 2.45) is 0 Å². The molecule has 0 bridgehead atoms. The van der Waals surface area contributed by atoms with Crippen molar-refractivity contribution < 1.29 is 24.2 Å². The average Bonchev–Trinajstić information content (AvgIpc) is 2.90. The molecule has 8 nitrogen and oxygen atoms in total. The highest BCUT2D eigenvalue weighted by molar-refractivity contribution is 5.92. The number of amides is 3. The van der Waals surface area contributed by atoms with Crippen molar-refractivity contribution in [3.05, 3.63) is 65.7 Å². The van der Waals surface area contributed by atoms with Gasteiger partial charge in [-0.2, -0.15) is 0 Å². The fourth-order valence-electron chi connectivity index (χ4n) is 4.73. The van der Waals surface area contributed by atoms with E-state index in [-0.39, 0.29) is 30.0 Å². The fraction of sp³-hybridized carbons (Fsp3) is 0.545. The minimum absolute atomic E-state index is 0.0710. The van der Waals surface area contributed by atoms with E-state index in [4.69, 9.17) is 4.74 Å². The highest BCUT2D eigenvalue weighted by Crippen LogP contribution is 2.26. The van der Waals surface area contributed by atoms with E-state index in [9.17, 15) is 19.5 Å². The van der Waals surface area contributed by atoms with Crippen LogP contribution in [0.25, 0.3) is 0 Å². The van der Waals surface area contributed by atoms with E-state index in [0.717, 1.165) is 37.7 Å². The van der Waals surface area contributed by atoms with Gasteiger partial charge < -0.3 is 25.4 Å². The van der Waals surface area contributed by atoms with Gasteiger partial charge in [0.2, 0.25) is 11.8 Å². The van der Waals surface area contributed by atoms with Crippen molar-refractivity contribution in [3.63, 3.8) is 0 Å². The summed E-state index contributed by atoms with van der Waals surface area (Å²) in [5.41, 5.74) is 0.715. The lowest BCUT2D eigenvalue weighted by Gasteiger charge is -2.35. The zero-order valence-electron chi connectivity index (χ0n) is 25.6. The Morgan fingerprint density at radius 1 is 0.902 bits per heavy atom. The van der Waals surface area contributed by atoms with Gasteiger partial charge in [-0.15, -0.1) is 0 Å². The van der Waals surface area contributed by atoms with Gasteiger partial charge in [0.1, 0.15) is 23.4 Å². The van der Waals surface area contributed by atoms with Gasteiger partial charge >= 0.3 is 6.09 Å². The maximum absolute atomic E-state index is 14.4. The van der Waals surface area contributed by atoms with Crippen molar-refractivity contribution in [1.82, 2.24) is 15.5 Å². The van der Waals surface area contributed by atoms with Crippen LogP contribution < -0.4 is 10.6 Å². The second kappa shape index (κ2) is 16.7. The summed E-state index contributed by atoms with van der Waals surface area (Å²) in [6.07, 6.45) is 4.89. The monoisotopic (exact) mass is 567 g/mol. The summed E-state index contributed by atoms with van der Waals surface area (Å²) in [5, 5.41) is 15.8. The van der Waals surface area contributed by atoms with E-state index < -0.39 is 23.8 Å². The molecular weight excluding hydrogens is 518 g/mol. The topological polar surface area (TPSA) is 108 Å². The molecule has 3 atom stereocenters. The van der Waals surface area contributed by atoms with Crippen molar-refractivity contribution in [1.29, 1.82) is 0 Å². The second-order valence-electron chi connectivity index (χ2n) is 11.7. The van der Waals surface area contributed by atoms with Crippen LogP contribution in [0, 0.1) is 0 Å². The lowest BCUT2D eigenvalue weighted by atomic mass is 9.99. The molecule has 0 saturated carbocycles. The molecule has 0 aromatic heterocycles. The van der Waals surface area contributed by atoms with Gasteiger partial charge in [-0.05, 0) is 63.8 Å². The quantitative estimate of drug-likeness (QED) is 0.220. The first-order valence-electron chi connectivity index (χ1n) is 14.9. The second-order valence-corrected chi connectivity index (χ2v) is 11.7. The Kier molecular flexibility index (Phi) is 13.7. The van der Waals surface area contributed by atoms with Crippen molar-refractivity contribution >= 4 is 17.9 Å². The van der Waals surface area contributed by atoms with E-state index in [0.29, 0.717) is 18.5 Å². The molecule has 0 fully saturated rings. The van der Waals surface area contributed by atoms with Crippen LogP contribution >= 0.6 is 0 Å². The Morgan fingerprint density at radius 3 is 2.15 bits per heavy atom. The number of hydrogen-bond donors (Lipinski definition) is 3. The molecule has 2 rings (SSSR count). The van der Waals surface area contributed by atoms with Gasteiger partial charge in [0, 0.05) is 19.0 Å². The number of nitrogens with one attached hydrogen (secondary N) is 2. The van der Waals surface area contributed by atoms with Gasteiger partial charge in [0.15, 0.2) is 0 Å². The largest absolute Gasteiger partial charge is 0.508 e. The third kappa shape index (κ3) is 11.8. The number of aromatic hydroxyl groups is 1. The molecule has 226 valence electrons. The molecular formula is C33H49N3O5. The van der Waals surface area contributed by atoms with Crippen molar-refractivity contribution in [3.8, 4) is 5.75 Å². The lowest BCUT2D eigenvalue weighted by molar-refractivity contribution is -0.142. The summed E-state index contributed by atoms with van der Waals surface area (Å²) in [6, 6.07) is 13.9. The molecule has 0 radical (unpaired) electrons. The fourth-order valence-corrected chi connectivity index (χ4v) is 4.73. The zero-order valence-corrected chi connectivity index (χ0v) is 25.6. The smallest absolute Gasteiger partial charge is 0.408 e. The first-order valence-corrected chi connectivity index (χ1v) is 14.9. The van der Waals surface area contributed by atoms with Crippen LogP contribution in [0.1, 0.15) is 97.2 Å². The molecule has 0 aliphatic heterocycles. The zero-order chi connectivity index (χ0) is 30.4. The molecule has 41 heavy (non-hydrogen) atoms. The van der Waals surface area contributed by atoms with Crippen LogP contribution in [0.2, 0.25) is 0 Å². The third-order valence-electron chi connectivity index (χ3n) is 6.69. The van der Waals surface area contributed by atoms with Crippen LogP contribution in [0.15, 0.2) is 54.6 Å². The minimum atomic E-state index is -0.959. The number of phenolic OH excluding ortho intramolecular Hbond substituents is 1. The van der Waals surface area contributed by atoms with Gasteiger partial charge in [-0.1, -0.05) is 82.0 Å². The van der Waals surface area contributed by atoms with Crippen LogP contribution in [-0.4, -0.2) is 52.1 Å². The molecule has 8 heteroatoms. The van der Waals surface area contributed by atoms with Gasteiger partial charge in [-0.25, -0.2) is 4.79 Å². The predicted octanol–water partition coefficient (Wildman–Crippen LogP) is 6.28. The summed E-state index contributed by atoms with van der Waals surface area (Å²) >= 11 is 0. The molecule has 0 heterocycles. The number of benzene rings is 2. The molecule has 0 saturated heterocycles. The number of phenols is 1. The van der Waals surface area contributed by atoms with E-state index >= 15 is 0 Å². The maximum Gasteiger partial charge on any atom is 0.408 e. The number of hydrogen-bond acceptors (Lipinski definition) is 5. The molecule has 3 unspecified atom stereocenters. The maximum atomic E-state index is 14.4. The highest BCUT2D eigenvalue weighted by Gasteiger charge is 2.36. The van der Waals surface area contributed by atoms with Crippen molar-refractivity contribution in [2.75, 3.05) is 6.54 Å². The normalized spacial score (nSPS) is 13.5. The SMILES string of the molecule is CCCCCCN(C(=O)C(Cc1ccccc1)NC(=O)OC(C)(C)C)C(C(=O)NC(C)CCC)c1ccc(O)cc1. The van der Waals surface area contributed by atoms with Crippen LogP contribution in [0.3, 0.4) is 0 Å². The number of carbonyl (C=O) groups excluding carboxylic acids is 3. The number of nitrogens with zero attached hydrogens (tertiary/aromatic N) is 1. The first kappa shape index (κ1) is 33.7. The predicted molar refractivity (Wildman–Crippen MR) is 163 cm³/mol. The first-order chi connectivity index (χ1) is 19.4. The molecule has 3 amide bonds. The van der Waals surface area contributed by atoms with Gasteiger partial charge in [0.05, 0.1) is 0 Å². The summed E-state index contributed by atoms with van der Waals surface area (Å²) in [6.45, 7) is 11.8. The Hall–Kier alpha value is -3.55. The van der Waals surface area contributed by atoms with Crippen molar-refractivity contribution in [2.45, 2.75) is 110 Å². The minimum Gasteiger partial charge on any atom is -0.508 e. The number of rotatable bonds is 15. The summed E-state index contributed by atoms with van der Waals surface area (Å²) < 4.78 is 5.51. The van der Waals surface area contributed by atoms with Crippen LogP contribution in [-0.2, 0) is 20.7 Å². The molecule has 0 aliphatic carbocycles. The Bertz CT molecular complexity index is 1080. The molecule has 2 aromatic carbocycles. The third-order valence-corrected chi connectivity index (χ3v) is 6.69. The van der Waals surface area contributed by atoms with Crippen LogP contribution in [0.5, 0.6) is 5.75 Å². The Labute approximate surface area is 245 Å². The number of ether oxygens (including phenoxy) is 1. The number of alkyl carbamates (subject to hydrolysis) is 1. The molecule has 0 spiro atoms. The van der Waals surface area contributed by atoms with E-state index in [1.54, 1.807) is 37.8 Å². The molecule has 0 aliphatic rings. The highest BCUT2D eigenvalue weighted by atomic mass is 16.6. The standard InChI is InChI=1S/C33H49N3O5/c1-7-9-10-14-22-36(29(26-18-20-27(37)21-19-26)30(38)34-24(3)15-8-2)31(39)28(23-25-16-12-11-13-17-25)35-32(40)41-33(4,5)6/h11-13,16-21,24,28-29,37H,7-10,14-15,22-23H2,1-6H3,(H,34,38)(H,35,40). The van der Waals surface area contributed by atoms with Gasteiger partial charge in [0.25, 0.3) is 0 Å². The van der Waals surface area contributed by atoms with E-state index in [1.807, 2.05) is 37.3 Å². The number of carbonyl (C=O) groups is 3. The number of unbranched alkanes of at least 4 members (excludes halogenated alkanes) is 3. The van der Waals surface area contributed by atoms with E-state index in [1.165, 1.54) is 12.1 Å².